The number of aromatic nitrogens is 1. The molecule has 0 fully saturated rings. The van der Waals surface area contributed by atoms with Crippen LogP contribution in [0.25, 0.3) is 11.3 Å². The second kappa shape index (κ2) is 5.79. The van der Waals surface area contributed by atoms with E-state index in [1.807, 2.05) is 0 Å². The normalized spacial score (nSPS) is 10.3. The summed E-state index contributed by atoms with van der Waals surface area (Å²) < 4.78 is 13.2. The molecule has 0 saturated heterocycles. The predicted molar refractivity (Wildman–Crippen MR) is 73.4 cm³/mol. The van der Waals surface area contributed by atoms with Gasteiger partial charge >= 0.3 is 5.97 Å². The zero-order valence-electron chi connectivity index (χ0n) is 10.5. The molecule has 1 aromatic carbocycles. The van der Waals surface area contributed by atoms with E-state index in [4.69, 9.17) is 5.11 Å². The fourth-order valence-electron chi connectivity index (χ4n) is 1.56. The van der Waals surface area contributed by atoms with Gasteiger partial charge in [-0.1, -0.05) is 30.4 Å². The molecule has 0 aliphatic heterocycles. The van der Waals surface area contributed by atoms with Gasteiger partial charge in [-0.3, -0.25) is 4.79 Å². The number of carboxylic acid groups (broad SMARTS) is 1. The van der Waals surface area contributed by atoms with Gasteiger partial charge in [-0.2, -0.15) is 0 Å². The number of benzene rings is 1. The number of carbonyl (C=O) groups is 2. The van der Waals surface area contributed by atoms with Gasteiger partial charge in [0.2, 0.25) is 5.91 Å². The van der Waals surface area contributed by atoms with E-state index >= 15 is 0 Å². The van der Waals surface area contributed by atoms with Crippen LogP contribution in [0.15, 0.2) is 24.3 Å². The van der Waals surface area contributed by atoms with E-state index in [2.05, 4.69) is 10.3 Å². The van der Waals surface area contributed by atoms with Crippen LogP contribution in [0.4, 0.5) is 9.52 Å². The molecule has 0 radical (unpaired) electrons. The number of aromatic carboxylic acids is 1. The van der Waals surface area contributed by atoms with Gasteiger partial charge in [0.15, 0.2) is 5.13 Å². The Morgan fingerprint density at radius 3 is 2.80 bits per heavy atom. The number of hydrogen-bond acceptors (Lipinski definition) is 4. The smallest absolute Gasteiger partial charge is 0.348 e. The number of nitrogens with one attached hydrogen (secondary N) is 1. The molecule has 0 spiro atoms. The SMILES string of the molecule is CCC(=O)Nc1nc(-c2cccc(F)c2)c(C(=O)O)s1. The summed E-state index contributed by atoms with van der Waals surface area (Å²) in [6, 6.07) is 5.50. The van der Waals surface area contributed by atoms with Crippen LogP contribution in [0.2, 0.25) is 0 Å². The molecule has 20 heavy (non-hydrogen) atoms. The number of thiazole rings is 1. The second-order valence-corrected chi connectivity index (χ2v) is 4.91. The number of hydrogen-bond donors (Lipinski definition) is 2. The zero-order valence-corrected chi connectivity index (χ0v) is 11.3. The van der Waals surface area contributed by atoms with Gasteiger partial charge in [-0.25, -0.2) is 14.2 Å². The number of halogens is 1. The molecule has 0 unspecified atom stereocenters. The number of nitrogens with zero attached hydrogens (tertiary/aromatic N) is 1. The van der Waals surface area contributed by atoms with Crippen LogP contribution in [0.5, 0.6) is 0 Å². The Labute approximate surface area is 118 Å². The molecule has 0 atom stereocenters. The molecule has 0 saturated carbocycles. The van der Waals surface area contributed by atoms with Gasteiger partial charge < -0.3 is 10.4 Å². The van der Waals surface area contributed by atoms with Gasteiger partial charge in [-0.15, -0.1) is 0 Å². The molecule has 1 aromatic heterocycles. The summed E-state index contributed by atoms with van der Waals surface area (Å²) in [4.78, 5) is 26.6. The number of anilines is 1. The lowest BCUT2D eigenvalue weighted by molar-refractivity contribution is -0.115. The topological polar surface area (TPSA) is 79.3 Å². The Balaban J connectivity index is 2.46. The minimum atomic E-state index is -1.17. The van der Waals surface area contributed by atoms with E-state index in [1.54, 1.807) is 13.0 Å². The summed E-state index contributed by atoms with van der Waals surface area (Å²) in [5.74, 6) is -1.91. The minimum absolute atomic E-state index is 0.0398. The fraction of sp³-hybridized carbons (Fsp3) is 0.154. The Hall–Kier alpha value is -2.28. The van der Waals surface area contributed by atoms with E-state index in [-0.39, 0.29) is 28.0 Å². The number of rotatable bonds is 4. The maximum absolute atomic E-state index is 13.2. The highest BCUT2D eigenvalue weighted by molar-refractivity contribution is 7.18. The molecule has 2 rings (SSSR count). The van der Waals surface area contributed by atoms with Crippen molar-refractivity contribution in [1.29, 1.82) is 0 Å². The average Bonchev–Trinajstić information content (AvgIpc) is 2.82. The van der Waals surface area contributed by atoms with Gasteiger partial charge in [0.25, 0.3) is 0 Å². The highest BCUT2D eigenvalue weighted by atomic mass is 32.1. The van der Waals surface area contributed by atoms with Gasteiger partial charge in [0.1, 0.15) is 10.7 Å². The van der Waals surface area contributed by atoms with E-state index in [0.717, 1.165) is 11.3 Å². The third-order valence-electron chi connectivity index (χ3n) is 2.49. The third-order valence-corrected chi connectivity index (χ3v) is 3.45. The second-order valence-electron chi connectivity index (χ2n) is 3.91. The fourth-order valence-corrected chi connectivity index (χ4v) is 2.40. The van der Waals surface area contributed by atoms with Crippen LogP contribution in [-0.2, 0) is 4.79 Å². The van der Waals surface area contributed by atoms with Crippen molar-refractivity contribution >= 4 is 28.3 Å². The van der Waals surface area contributed by atoms with E-state index in [0.29, 0.717) is 5.56 Å². The summed E-state index contributed by atoms with van der Waals surface area (Å²) >= 11 is 0.847. The molecule has 0 aliphatic carbocycles. The van der Waals surface area contributed by atoms with Crippen LogP contribution >= 0.6 is 11.3 Å². The summed E-state index contributed by atoms with van der Waals surface area (Å²) in [6.07, 6.45) is 0.261. The first-order valence-corrected chi connectivity index (χ1v) is 6.62. The lowest BCUT2D eigenvalue weighted by Gasteiger charge is -1.99. The summed E-state index contributed by atoms with van der Waals surface area (Å²) in [7, 11) is 0. The molecule has 5 nitrogen and oxygen atoms in total. The first kappa shape index (κ1) is 14.1. The molecular formula is C13H11FN2O3S. The van der Waals surface area contributed by atoms with E-state index in [9.17, 15) is 14.0 Å². The van der Waals surface area contributed by atoms with Crippen LogP contribution < -0.4 is 5.32 Å². The van der Waals surface area contributed by atoms with Crippen molar-refractivity contribution in [1.82, 2.24) is 4.98 Å². The quantitative estimate of drug-likeness (QED) is 0.908. The summed E-state index contributed by atoms with van der Waals surface area (Å²) in [5.41, 5.74) is 0.504. The highest BCUT2D eigenvalue weighted by Crippen LogP contribution is 2.31. The molecular weight excluding hydrogens is 283 g/mol. The predicted octanol–water partition coefficient (Wildman–Crippen LogP) is 3.00. The monoisotopic (exact) mass is 294 g/mol. The Morgan fingerprint density at radius 2 is 2.20 bits per heavy atom. The summed E-state index contributed by atoms with van der Waals surface area (Å²) in [5, 5.41) is 11.9. The molecule has 7 heteroatoms. The number of carbonyl (C=O) groups excluding carboxylic acids is 1. The van der Waals surface area contributed by atoms with Crippen LogP contribution in [0.1, 0.15) is 23.0 Å². The van der Waals surface area contributed by atoms with Crippen molar-refractivity contribution in [2.24, 2.45) is 0 Å². The molecule has 0 aliphatic rings. The Kier molecular flexibility index (Phi) is 4.09. The molecule has 2 N–H and O–H groups in total. The number of carboxylic acids is 1. The first-order chi connectivity index (χ1) is 9.51. The molecule has 2 aromatic rings. The standard InChI is InChI=1S/C13H11FN2O3S/c1-2-9(17)15-13-16-10(11(20-13)12(18)19)7-4-3-5-8(14)6-7/h3-6H,2H2,1H3,(H,18,19)(H,15,16,17). The van der Waals surface area contributed by atoms with Crippen LogP contribution in [0.3, 0.4) is 0 Å². The van der Waals surface area contributed by atoms with E-state index in [1.165, 1.54) is 18.2 Å². The largest absolute Gasteiger partial charge is 0.477 e. The first-order valence-electron chi connectivity index (χ1n) is 5.81. The third kappa shape index (κ3) is 3.00. The lowest BCUT2D eigenvalue weighted by atomic mass is 10.1. The zero-order chi connectivity index (χ0) is 14.7. The minimum Gasteiger partial charge on any atom is -0.477 e. The van der Waals surface area contributed by atoms with Gasteiger partial charge in [0.05, 0.1) is 5.69 Å². The maximum Gasteiger partial charge on any atom is 0.348 e. The Morgan fingerprint density at radius 1 is 1.45 bits per heavy atom. The van der Waals surface area contributed by atoms with Crippen molar-refractivity contribution in [3.63, 3.8) is 0 Å². The van der Waals surface area contributed by atoms with Crippen molar-refractivity contribution in [2.45, 2.75) is 13.3 Å². The van der Waals surface area contributed by atoms with Crippen molar-refractivity contribution < 1.29 is 19.1 Å². The lowest BCUT2D eigenvalue weighted by Crippen LogP contribution is -2.08. The average molecular weight is 294 g/mol. The number of amides is 1. The van der Waals surface area contributed by atoms with Gasteiger partial charge in [-0.05, 0) is 12.1 Å². The molecule has 1 amide bonds. The Bertz CT molecular complexity index is 669. The summed E-state index contributed by atoms with van der Waals surface area (Å²) in [6.45, 7) is 1.68. The van der Waals surface area contributed by atoms with Gasteiger partial charge in [0, 0.05) is 12.0 Å². The van der Waals surface area contributed by atoms with Crippen molar-refractivity contribution in [3.05, 3.63) is 35.0 Å². The molecule has 0 bridgehead atoms. The molecule has 1 heterocycles. The van der Waals surface area contributed by atoms with E-state index < -0.39 is 11.8 Å². The van der Waals surface area contributed by atoms with Crippen LogP contribution in [0, 0.1) is 5.82 Å². The highest BCUT2D eigenvalue weighted by Gasteiger charge is 2.19. The van der Waals surface area contributed by atoms with Crippen molar-refractivity contribution in [3.8, 4) is 11.3 Å². The molecule has 104 valence electrons. The van der Waals surface area contributed by atoms with Crippen LogP contribution in [-0.4, -0.2) is 22.0 Å². The maximum atomic E-state index is 13.2. The van der Waals surface area contributed by atoms with Crippen molar-refractivity contribution in [2.75, 3.05) is 5.32 Å².